The molecule has 0 radical (unpaired) electrons. The standard InChI is InChI=1S/C51H36O2/c1-3-32-52-40-29-26-38(27-30-40)51(47-24-14-10-20-43(47)44-21-11-15-25-48(44)51)39-28-31-49(53-33-4-2)36(34-39)35-50(37-16-6-5-7-17-37)45-22-12-8-18-41(45)42-19-9-13-23-46(42)50/h1-2,5-31,34H,32-33,35H2. The molecule has 0 N–H and O–H groups in total. The third-order valence-corrected chi connectivity index (χ3v) is 11.2. The van der Waals surface area contributed by atoms with Crippen LogP contribution >= 0.6 is 0 Å². The van der Waals surface area contributed by atoms with Gasteiger partial charge in [0.1, 0.15) is 24.7 Å². The van der Waals surface area contributed by atoms with Crippen LogP contribution in [0.25, 0.3) is 22.3 Å². The Balaban J connectivity index is 1.32. The Hall–Kier alpha value is -6.74. The minimum atomic E-state index is -0.622. The maximum Gasteiger partial charge on any atom is 0.148 e. The fraction of sp³-hybridized carbons (Fsp3) is 0.0980. The van der Waals surface area contributed by atoms with Crippen LogP contribution in [-0.4, -0.2) is 13.2 Å². The van der Waals surface area contributed by atoms with Crippen LogP contribution in [0.4, 0.5) is 0 Å². The van der Waals surface area contributed by atoms with Crippen molar-refractivity contribution in [3.8, 4) is 58.4 Å². The second kappa shape index (κ2) is 13.1. The number of ether oxygens (including phenoxy) is 2. The molecule has 2 nitrogen and oxygen atoms in total. The van der Waals surface area contributed by atoms with Gasteiger partial charge in [0.2, 0.25) is 0 Å². The Bertz CT molecular complexity index is 2470. The Morgan fingerprint density at radius 3 is 1.47 bits per heavy atom. The molecule has 0 unspecified atom stereocenters. The number of benzene rings is 7. The van der Waals surface area contributed by atoms with Gasteiger partial charge in [-0.3, -0.25) is 0 Å². The van der Waals surface area contributed by atoms with Crippen molar-refractivity contribution in [1.29, 1.82) is 0 Å². The number of terminal acetylenes is 2. The average Bonchev–Trinajstić information content (AvgIpc) is 3.69. The van der Waals surface area contributed by atoms with E-state index < -0.39 is 10.8 Å². The molecule has 0 saturated carbocycles. The molecule has 0 bridgehead atoms. The molecule has 0 aromatic heterocycles. The molecule has 2 aliphatic carbocycles. The van der Waals surface area contributed by atoms with E-state index in [2.05, 4.69) is 170 Å². The number of hydrogen-bond acceptors (Lipinski definition) is 2. The van der Waals surface area contributed by atoms with E-state index in [0.29, 0.717) is 6.42 Å². The topological polar surface area (TPSA) is 18.5 Å². The van der Waals surface area contributed by atoms with Crippen molar-refractivity contribution in [1.82, 2.24) is 0 Å². The summed E-state index contributed by atoms with van der Waals surface area (Å²) in [4.78, 5) is 0. The predicted octanol–water partition coefficient (Wildman–Crippen LogP) is 10.6. The van der Waals surface area contributed by atoms with E-state index in [1.807, 2.05) is 12.1 Å². The van der Waals surface area contributed by atoms with Gasteiger partial charge in [-0.2, -0.15) is 0 Å². The maximum atomic E-state index is 6.43. The number of fused-ring (bicyclic) bond motifs is 6. The molecule has 53 heavy (non-hydrogen) atoms. The van der Waals surface area contributed by atoms with Gasteiger partial charge in [-0.05, 0) is 91.4 Å². The Morgan fingerprint density at radius 1 is 0.434 bits per heavy atom. The van der Waals surface area contributed by atoms with E-state index in [1.165, 1.54) is 50.1 Å². The van der Waals surface area contributed by atoms with Crippen molar-refractivity contribution in [2.75, 3.05) is 13.2 Å². The lowest BCUT2D eigenvalue weighted by Gasteiger charge is -2.36. The van der Waals surface area contributed by atoms with Crippen LogP contribution < -0.4 is 9.47 Å². The van der Waals surface area contributed by atoms with Crippen molar-refractivity contribution >= 4 is 0 Å². The first-order valence-corrected chi connectivity index (χ1v) is 18.0. The minimum absolute atomic E-state index is 0.174. The highest BCUT2D eigenvalue weighted by Crippen LogP contribution is 2.58. The molecular formula is C51H36O2. The molecule has 0 spiro atoms. The monoisotopic (exact) mass is 680 g/mol. The molecule has 2 aliphatic rings. The zero-order valence-corrected chi connectivity index (χ0v) is 29.3. The maximum absolute atomic E-state index is 6.43. The number of hydrogen-bond donors (Lipinski definition) is 0. The van der Waals surface area contributed by atoms with Crippen LogP contribution in [0.1, 0.15) is 44.5 Å². The van der Waals surface area contributed by atoms with E-state index in [-0.39, 0.29) is 13.2 Å². The van der Waals surface area contributed by atoms with Gasteiger partial charge >= 0.3 is 0 Å². The first-order chi connectivity index (χ1) is 26.2. The van der Waals surface area contributed by atoms with Gasteiger partial charge in [-0.1, -0.05) is 164 Å². The molecule has 0 saturated heterocycles. The van der Waals surface area contributed by atoms with Crippen LogP contribution in [0.5, 0.6) is 11.5 Å². The molecule has 252 valence electrons. The molecule has 0 amide bonds. The molecule has 0 heterocycles. The van der Waals surface area contributed by atoms with Crippen molar-refractivity contribution in [2.24, 2.45) is 0 Å². The van der Waals surface area contributed by atoms with E-state index >= 15 is 0 Å². The molecule has 0 aliphatic heterocycles. The van der Waals surface area contributed by atoms with Gasteiger partial charge in [0.05, 0.1) is 10.8 Å². The lowest BCUT2D eigenvalue weighted by molar-refractivity contribution is 0.363. The highest BCUT2D eigenvalue weighted by Gasteiger charge is 2.48. The van der Waals surface area contributed by atoms with Crippen LogP contribution in [0.2, 0.25) is 0 Å². The zero-order valence-electron chi connectivity index (χ0n) is 29.3. The SMILES string of the molecule is C#CCOc1ccc(C2(c3ccc(OCC#C)c(CC4(c5ccccc5)c5ccccc5-c5ccccc54)c3)c3ccccc3-c3ccccc32)cc1. The largest absolute Gasteiger partial charge is 0.481 e. The summed E-state index contributed by atoms with van der Waals surface area (Å²) in [5, 5.41) is 0. The third kappa shape index (κ3) is 4.92. The van der Waals surface area contributed by atoms with Gasteiger partial charge < -0.3 is 9.47 Å². The molecule has 7 aromatic carbocycles. The lowest BCUT2D eigenvalue weighted by atomic mass is 9.65. The van der Waals surface area contributed by atoms with E-state index in [1.54, 1.807) is 0 Å². The fourth-order valence-electron chi connectivity index (χ4n) is 9.10. The van der Waals surface area contributed by atoms with Crippen molar-refractivity contribution in [2.45, 2.75) is 17.3 Å². The van der Waals surface area contributed by atoms with Crippen LogP contribution in [0.3, 0.4) is 0 Å². The second-order valence-corrected chi connectivity index (χ2v) is 13.7. The molecule has 0 fully saturated rings. The van der Waals surface area contributed by atoms with E-state index in [4.69, 9.17) is 22.3 Å². The molecule has 7 aromatic rings. The zero-order chi connectivity index (χ0) is 35.8. The smallest absolute Gasteiger partial charge is 0.148 e. The molecule has 2 heteroatoms. The van der Waals surface area contributed by atoms with Crippen LogP contribution in [0, 0.1) is 24.7 Å². The first kappa shape index (κ1) is 32.2. The molecule has 0 atom stereocenters. The highest BCUT2D eigenvalue weighted by molar-refractivity contribution is 5.87. The van der Waals surface area contributed by atoms with E-state index in [9.17, 15) is 0 Å². The summed E-state index contributed by atoms with van der Waals surface area (Å²) >= 11 is 0. The summed E-state index contributed by atoms with van der Waals surface area (Å²) in [6.07, 6.45) is 12.0. The average molecular weight is 681 g/mol. The van der Waals surface area contributed by atoms with Crippen molar-refractivity contribution in [3.63, 3.8) is 0 Å². The van der Waals surface area contributed by atoms with Crippen molar-refractivity contribution < 1.29 is 9.47 Å². The Morgan fingerprint density at radius 2 is 0.906 bits per heavy atom. The molecular weight excluding hydrogens is 645 g/mol. The number of rotatable bonds is 9. The quantitative estimate of drug-likeness (QED) is 0.141. The summed E-state index contributed by atoms with van der Waals surface area (Å²) in [5.41, 5.74) is 13.5. The van der Waals surface area contributed by atoms with Gasteiger partial charge in [-0.25, -0.2) is 0 Å². The predicted molar refractivity (Wildman–Crippen MR) is 214 cm³/mol. The first-order valence-electron chi connectivity index (χ1n) is 18.0. The fourth-order valence-corrected chi connectivity index (χ4v) is 9.10. The van der Waals surface area contributed by atoms with Gasteiger partial charge in [0.15, 0.2) is 0 Å². The lowest BCUT2D eigenvalue weighted by Crippen LogP contribution is -2.31. The third-order valence-electron chi connectivity index (χ3n) is 11.2. The normalized spacial score (nSPS) is 13.8. The summed E-state index contributed by atoms with van der Waals surface area (Å²) in [6, 6.07) is 61.3. The highest BCUT2D eigenvalue weighted by atomic mass is 16.5. The van der Waals surface area contributed by atoms with Crippen LogP contribution in [-0.2, 0) is 17.3 Å². The molecule has 9 rings (SSSR count). The van der Waals surface area contributed by atoms with E-state index in [0.717, 1.165) is 28.2 Å². The summed E-state index contributed by atoms with van der Waals surface area (Å²) < 4.78 is 12.3. The van der Waals surface area contributed by atoms with Gasteiger partial charge in [0.25, 0.3) is 0 Å². The summed E-state index contributed by atoms with van der Waals surface area (Å²) in [7, 11) is 0. The summed E-state index contributed by atoms with van der Waals surface area (Å²) in [6.45, 7) is 0.391. The van der Waals surface area contributed by atoms with Crippen LogP contribution in [0.15, 0.2) is 170 Å². The van der Waals surface area contributed by atoms with Gasteiger partial charge in [-0.15, -0.1) is 12.8 Å². The second-order valence-electron chi connectivity index (χ2n) is 13.7. The van der Waals surface area contributed by atoms with Gasteiger partial charge in [0, 0.05) is 0 Å². The summed E-state index contributed by atoms with van der Waals surface area (Å²) in [5.74, 6) is 6.82. The Kier molecular flexibility index (Phi) is 7.96. The van der Waals surface area contributed by atoms with Crippen molar-refractivity contribution in [3.05, 3.63) is 214 Å². The Labute approximate surface area is 311 Å². The minimum Gasteiger partial charge on any atom is -0.481 e.